The Morgan fingerprint density at radius 2 is 1.89 bits per heavy atom. The van der Waals surface area contributed by atoms with Gasteiger partial charge in [0.15, 0.2) is 29.7 Å². The van der Waals surface area contributed by atoms with Crippen molar-refractivity contribution in [3.05, 3.63) is 33.9 Å². The molecule has 1 unspecified atom stereocenters. The van der Waals surface area contributed by atoms with E-state index >= 15 is 4.39 Å². The fourth-order valence-electron chi connectivity index (χ4n) is 8.23. The van der Waals surface area contributed by atoms with E-state index in [2.05, 4.69) is 10.2 Å². The summed E-state index contributed by atoms with van der Waals surface area (Å²) in [5, 5.41) is 55.4. The van der Waals surface area contributed by atoms with Gasteiger partial charge in [0, 0.05) is 23.2 Å². The maximum atomic E-state index is 17.2. The van der Waals surface area contributed by atoms with Gasteiger partial charge in [-0.1, -0.05) is 25.0 Å². The van der Waals surface area contributed by atoms with Crippen LogP contribution in [0.5, 0.6) is 0 Å². The van der Waals surface area contributed by atoms with Crippen molar-refractivity contribution in [2.75, 3.05) is 19.8 Å². The highest BCUT2D eigenvalue weighted by Gasteiger charge is 2.76. The predicted octanol–water partition coefficient (Wildman–Crippen LogP) is 0.417. The van der Waals surface area contributed by atoms with Gasteiger partial charge in [0.05, 0.1) is 25.4 Å². The molecule has 5 N–H and O–H groups in total. The van der Waals surface area contributed by atoms with Crippen molar-refractivity contribution in [3.8, 4) is 0 Å². The first-order valence-electron chi connectivity index (χ1n) is 15.1. The lowest BCUT2D eigenvalue weighted by Crippen LogP contribution is -2.69. The molecule has 250 valence electrons. The van der Waals surface area contributed by atoms with Crippen LogP contribution in [-0.2, 0) is 28.8 Å². The number of esters is 1. The molecule has 9 atom stereocenters. The Kier molecular flexibility index (Phi) is 9.88. The van der Waals surface area contributed by atoms with Gasteiger partial charge in [-0.05, 0) is 63.5 Å². The van der Waals surface area contributed by atoms with Gasteiger partial charge in [0.2, 0.25) is 11.7 Å². The van der Waals surface area contributed by atoms with E-state index in [-0.39, 0.29) is 31.7 Å². The van der Waals surface area contributed by atoms with Gasteiger partial charge in [0.1, 0.15) is 0 Å². The van der Waals surface area contributed by atoms with Crippen molar-refractivity contribution in [2.45, 2.75) is 94.7 Å². The summed E-state index contributed by atoms with van der Waals surface area (Å²) in [7, 11) is 0. The zero-order chi connectivity index (χ0) is 33.4. The molecular weight excluding hydrogens is 599 g/mol. The number of halogens is 1. The third-order valence-electron chi connectivity index (χ3n) is 10.7. The largest absolute Gasteiger partial charge is 0.456 e. The maximum Gasteiger partial charge on any atom is 0.331 e. The van der Waals surface area contributed by atoms with Gasteiger partial charge in [-0.15, -0.1) is 10.1 Å². The number of nitrogens with one attached hydrogen (secondary N) is 1. The lowest BCUT2D eigenvalue weighted by molar-refractivity contribution is -0.757. The summed E-state index contributed by atoms with van der Waals surface area (Å²) >= 11 is 0. The number of Topliss-reactive ketones (excluding diaryl/α,β-unsaturated/α-hetero) is 1. The van der Waals surface area contributed by atoms with Gasteiger partial charge in [-0.2, -0.15) is 0 Å². The molecule has 4 aliphatic rings. The van der Waals surface area contributed by atoms with Crippen LogP contribution in [0.15, 0.2) is 23.8 Å². The lowest BCUT2D eigenvalue weighted by Gasteiger charge is -2.62. The smallest absolute Gasteiger partial charge is 0.331 e. The summed E-state index contributed by atoms with van der Waals surface area (Å²) in [5.41, 5.74) is -7.00. The fraction of sp³-hybridized carbons (Fsp3) is 0.733. The SMILES string of the molecule is C[C@]12C=CC(=O)C=C1CC[C@H]1[C@@H]3C[C@@H](O)[C@](O)(C(=O)COC(=O)C(CO)NC(=O)CCCCCO[N+](=O)[O-])[C@@]3(C)C[C@H](O)[C@@]12F. The number of nitrogens with zero attached hydrogens (tertiary/aromatic N) is 1. The molecule has 0 heterocycles. The summed E-state index contributed by atoms with van der Waals surface area (Å²) in [5.74, 6) is -4.74. The summed E-state index contributed by atoms with van der Waals surface area (Å²) in [6, 6.07) is -1.53. The molecule has 45 heavy (non-hydrogen) atoms. The average Bonchev–Trinajstić information content (AvgIpc) is 3.18. The van der Waals surface area contributed by atoms with Crippen LogP contribution in [0.1, 0.15) is 65.2 Å². The van der Waals surface area contributed by atoms with E-state index in [1.807, 2.05) is 0 Å². The van der Waals surface area contributed by atoms with Gasteiger partial charge in [-0.3, -0.25) is 14.4 Å². The molecule has 1 amide bonds. The lowest BCUT2D eigenvalue weighted by atomic mass is 9.44. The Bertz CT molecular complexity index is 1290. The minimum absolute atomic E-state index is 0.0607. The van der Waals surface area contributed by atoms with Gasteiger partial charge in [0.25, 0.3) is 5.09 Å². The normalized spacial score (nSPS) is 37.4. The summed E-state index contributed by atoms with van der Waals surface area (Å²) < 4.78 is 22.3. The minimum Gasteiger partial charge on any atom is -0.456 e. The number of fused-ring (bicyclic) bond motifs is 5. The molecule has 4 rings (SSSR count). The molecule has 0 aromatic carbocycles. The Labute approximate surface area is 258 Å². The van der Waals surface area contributed by atoms with E-state index in [1.54, 1.807) is 6.92 Å². The van der Waals surface area contributed by atoms with E-state index in [0.29, 0.717) is 31.3 Å². The van der Waals surface area contributed by atoms with Gasteiger partial charge >= 0.3 is 5.97 Å². The monoisotopic (exact) mass is 640 g/mol. The number of aliphatic hydroxyl groups is 4. The maximum absolute atomic E-state index is 17.2. The Morgan fingerprint density at radius 1 is 1.18 bits per heavy atom. The topological polar surface area (TPSA) is 223 Å². The number of aliphatic hydroxyl groups excluding tert-OH is 3. The van der Waals surface area contributed by atoms with Crippen molar-refractivity contribution < 1.29 is 58.7 Å². The number of ketones is 2. The van der Waals surface area contributed by atoms with Crippen LogP contribution < -0.4 is 5.32 Å². The van der Waals surface area contributed by atoms with E-state index in [0.717, 1.165) is 0 Å². The molecule has 0 saturated heterocycles. The zero-order valence-electron chi connectivity index (χ0n) is 25.3. The predicted molar refractivity (Wildman–Crippen MR) is 151 cm³/mol. The van der Waals surface area contributed by atoms with Crippen LogP contribution in [0.25, 0.3) is 0 Å². The average molecular weight is 641 g/mol. The minimum atomic E-state index is -2.51. The molecule has 0 radical (unpaired) electrons. The van der Waals surface area contributed by atoms with Crippen LogP contribution in [-0.4, -0.2) is 98.3 Å². The first-order chi connectivity index (χ1) is 21.1. The number of alkyl halides is 1. The molecule has 0 spiro atoms. The summed E-state index contributed by atoms with van der Waals surface area (Å²) in [6.45, 7) is 1.12. The molecule has 0 aliphatic heterocycles. The molecule has 0 aromatic rings. The van der Waals surface area contributed by atoms with Gasteiger partial charge in [-0.25, -0.2) is 9.18 Å². The Balaban J connectivity index is 1.40. The molecule has 0 aromatic heterocycles. The second-order valence-electron chi connectivity index (χ2n) is 13.0. The second-order valence-corrected chi connectivity index (χ2v) is 13.0. The van der Waals surface area contributed by atoms with Crippen molar-refractivity contribution >= 4 is 23.4 Å². The van der Waals surface area contributed by atoms with Crippen molar-refractivity contribution in [1.29, 1.82) is 0 Å². The fourth-order valence-corrected chi connectivity index (χ4v) is 8.23. The highest BCUT2D eigenvalue weighted by molar-refractivity contribution is 6.01. The molecular formula is C30H41FN2O12. The first-order valence-corrected chi connectivity index (χ1v) is 15.1. The van der Waals surface area contributed by atoms with E-state index in [9.17, 15) is 49.7 Å². The number of carbonyl (C=O) groups excluding carboxylic acids is 4. The quantitative estimate of drug-likeness (QED) is 0.0800. The molecule has 0 bridgehead atoms. The molecule has 14 nitrogen and oxygen atoms in total. The van der Waals surface area contributed by atoms with Gasteiger partial charge < -0.3 is 35.3 Å². The standard InChI is InChI=1S/C30H41FN2O12/c1-27-10-9-18(35)12-17(27)7-8-19-20-13-22(36)30(41,28(20,2)14-23(37)29(19,27)31)24(38)16-44-26(40)21(15-34)32-25(39)6-4-3-5-11-45-33(42)43/h9-10,12,19-23,34,36-37,41H,3-8,11,13-16H2,1-2H3,(H,32,39)/t19-,20-,21?,22+,23-,27-,28-,29-,30-/m0/s1. The highest BCUT2D eigenvalue weighted by atomic mass is 19.1. The van der Waals surface area contributed by atoms with E-state index in [1.165, 1.54) is 25.2 Å². The molecule has 15 heteroatoms. The third kappa shape index (κ3) is 5.79. The number of rotatable bonds is 13. The number of hydrogen-bond acceptors (Lipinski definition) is 12. The first kappa shape index (κ1) is 34.6. The van der Waals surface area contributed by atoms with Crippen LogP contribution >= 0.6 is 0 Å². The highest BCUT2D eigenvalue weighted by Crippen LogP contribution is 2.69. The summed E-state index contributed by atoms with van der Waals surface area (Å²) in [6.07, 6.45) is 1.83. The van der Waals surface area contributed by atoms with Crippen molar-refractivity contribution in [1.82, 2.24) is 5.32 Å². The van der Waals surface area contributed by atoms with E-state index in [4.69, 9.17) is 4.74 Å². The van der Waals surface area contributed by atoms with Crippen molar-refractivity contribution in [3.63, 3.8) is 0 Å². The Morgan fingerprint density at radius 3 is 2.56 bits per heavy atom. The number of amides is 1. The van der Waals surface area contributed by atoms with Crippen LogP contribution in [0.2, 0.25) is 0 Å². The number of hydrogen-bond donors (Lipinski definition) is 5. The number of unbranched alkanes of at least 4 members (excludes halogenated alkanes) is 2. The second kappa shape index (κ2) is 12.9. The van der Waals surface area contributed by atoms with Crippen LogP contribution in [0.4, 0.5) is 4.39 Å². The number of allylic oxidation sites excluding steroid dienone is 4. The Hall–Kier alpha value is -3.27. The molecule has 3 saturated carbocycles. The van der Waals surface area contributed by atoms with Crippen LogP contribution in [0.3, 0.4) is 0 Å². The number of carbonyl (C=O) groups is 4. The van der Waals surface area contributed by atoms with E-state index < -0.39 is 94.6 Å². The van der Waals surface area contributed by atoms with Crippen molar-refractivity contribution in [2.24, 2.45) is 22.7 Å². The van der Waals surface area contributed by atoms with Crippen LogP contribution in [0, 0.1) is 32.8 Å². The zero-order valence-corrected chi connectivity index (χ0v) is 25.3. The molecule has 3 fully saturated rings. The number of ether oxygens (including phenoxy) is 1. The summed E-state index contributed by atoms with van der Waals surface area (Å²) in [4.78, 5) is 64.7. The third-order valence-corrected chi connectivity index (χ3v) is 10.7. The molecule has 4 aliphatic carbocycles.